The monoisotopic (exact) mass is 241 g/mol. The second-order valence-electron chi connectivity index (χ2n) is 5.08. The zero-order valence-corrected chi connectivity index (χ0v) is 10.7. The summed E-state index contributed by atoms with van der Waals surface area (Å²) in [6, 6.07) is -0.137. The van der Waals surface area contributed by atoms with Crippen LogP contribution in [0, 0.1) is 5.92 Å². The average Bonchev–Trinajstić information content (AvgIpc) is 2.27. The van der Waals surface area contributed by atoms with Gasteiger partial charge in [-0.2, -0.15) is 0 Å². The number of hydrogen-bond donors (Lipinski definition) is 2. The van der Waals surface area contributed by atoms with Crippen molar-refractivity contribution < 1.29 is 9.59 Å². The first kappa shape index (κ1) is 14.0. The van der Waals surface area contributed by atoms with Crippen molar-refractivity contribution in [2.45, 2.75) is 39.2 Å². The van der Waals surface area contributed by atoms with E-state index in [1.54, 1.807) is 4.90 Å². The number of nitrogens with one attached hydrogen (secondary N) is 1. The fourth-order valence-corrected chi connectivity index (χ4v) is 2.14. The van der Waals surface area contributed by atoms with Crippen LogP contribution in [-0.2, 0) is 9.59 Å². The van der Waals surface area contributed by atoms with E-state index in [9.17, 15) is 9.59 Å². The molecule has 5 heteroatoms. The molecule has 0 bridgehead atoms. The zero-order valence-electron chi connectivity index (χ0n) is 10.7. The van der Waals surface area contributed by atoms with E-state index in [0.29, 0.717) is 12.5 Å². The molecule has 0 spiro atoms. The van der Waals surface area contributed by atoms with Crippen LogP contribution in [0.3, 0.4) is 0 Å². The van der Waals surface area contributed by atoms with E-state index in [2.05, 4.69) is 5.32 Å². The predicted molar refractivity (Wildman–Crippen MR) is 66.3 cm³/mol. The molecule has 1 aliphatic rings. The summed E-state index contributed by atoms with van der Waals surface area (Å²) >= 11 is 0. The van der Waals surface area contributed by atoms with Gasteiger partial charge >= 0.3 is 0 Å². The predicted octanol–water partition coefficient (Wildman–Crippen LogP) is 0.0984. The standard InChI is InChI=1S/C12H23N3O2/c1-9(2)7-15(8-11(13)16)12(17)10-5-3-4-6-14-10/h9-10,14H,3-8H2,1-2H3,(H2,13,16)/t10-/m0/s1. The number of amides is 2. The molecule has 0 saturated carbocycles. The van der Waals surface area contributed by atoms with Crippen molar-refractivity contribution in [3.63, 3.8) is 0 Å². The van der Waals surface area contributed by atoms with Gasteiger partial charge < -0.3 is 16.0 Å². The van der Waals surface area contributed by atoms with Crippen LogP contribution in [0.15, 0.2) is 0 Å². The quantitative estimate of drug-likeness (QED) is 0.716. The lowest BCUT2D eigenvalue weighted by Crippen LogP contribution is -2.51. The van der Waals surface area contributed by atoms with Gasteiger partial charge in [-0.05, 0) is 25.3 Å². The van der Waals surface area contributed by atoms with Crippen LogP contribution in [-0.4, -0.2) is 42.4 Å². The minimum absolute atomic E-state index is 0.0113. The Balaban J connectivity index is 2.60. The third-order valence-corrected chi connectivity index (χ3v) is 2.85. The third-order valence-electron chi connectivity index (χ3n) is 2.85. The van der Waals surface area contributed by atoms with Crippen LogP contribution < -0.4 is 11.1 Å². The molecule has 1 fully saturated rings. The molecule has 1 heterocycles. The van der Waals surface area contributed by atoms with Crippen molar-refractivity contribution in [2.24, 2.45) is 11.7 Å². The maximum Gasteiger partial charge on any atom is 0.240 e. The summed E-state index contributed by atoms with van der Waals surface area (Å²) in [6.07, 6.45) is 3.03. The maximum atomic E-state index is 12.2. The summed E-state index contributed by atoms with van der Waals surface area (Å²) in [5, 5.41) is 3.20. The second-order valence-corrected chi connectivity index (χ2v) is 5.08. The van der Waals surface area contributed by atoms with Crippen LogP contribution in [0.2, 0.25) is 0 Å². The first-order valence-electron chi connectivity index (χ1n) is 6.31. The molecular weight excluding hydrogens is 218 g/mol. The molecule has 0 aliphatic carbocycles. The number of carbonyl (C=O) groups excluding carboxylic acids is 2. The Bertz CT molecular complexity index is 273. The molecule has 0 aromatic rings. The number of nitrogens with zero attached hydrogens (tertiary/aromatic N) is 1. The van der Waals surface area contributed by atoms with E-state index in [-0.39, 0.29) is 18.5 Å². The largest absolute Gasteiger partial charge is 0.368 e. The number of hydrogen-bond acceptors (Lipinski definition) is 3. The molecule has 98 valence electrons. The highest BCUT2D eigenvalue weighted by Crippen LogP contribution is 2.11. The molecule has 1 atom stereocenters. The highest BCUT2D eigenvalue weighted by molar-refractivity contribution is 5.87. The molecule has 3 N–H and O–H groups in total. The second kappa shape index (κ2) is 6.59. The molecule has 2 amide bonds. The van der Waals surface area contributed by atoms with E-state index in [0.717, 1.165) is 25.8 Å². The minimum atomic E-state index is -0.449. The number of carbonyl (C=O) groups is 2. The number of nitrogens with two attached hydrogens (primary N) is 1. The van der Waals surface area contributed by atoms with E-state index in [1.807, 2.05) is 13.8 Å². The lowest BCUT2D eigenvalue weighted by molar-refractivity contribution is -0.138. The van der Waals surface area contributed by atoms with Gasteiger partial charge in [0.1, 0.15) is 0 Å². The summed E-state index contributed by atoms with van der Waals surface area (Å²) < 4.78 is 0. The average molecular weight is 241 g/mol. The Kier molecular flexibility index (Phi) is 5.41. The molecule has 0 aromatic heterocycles. The van der Waals surface area contributed by atoms with Crippen LogP contribution in [0.25, 0.3) is 0 Å². The number of rotatable bonds is 5. The van der Waals surface area contributed by atoms with Gasteiger partial charge in [0.15, 0.2) is 0 Å². The fraction of sp³-hybridized carbons (Fsp3) is 0.833. The first-order valence-corrected chi connectivity index (χ1v) is 6.31. The Morgan fingerprint density at radius 1 is 1.41 bits per heavy atom. The number of piperidine rings is 1. The lowest BCUT2D eigenvalue weighted by Gasteiger charge is -2.30. The SMILES string of the molecule is CC(C)CN(CC(N)=O)C(=O)[C@@H]1CCCCN1. The Hall–Kier alpha value is -1.10. The van der Waals surface area contributed by atoms with E-state index in [1.165, 1.54) is 0 Å². The van der Waals surface area contributed by atoms with Crippen molar-refractivity contribution in [3.05, 3.63) is 0 Å². The highest BCUT2D eigenvalue weighted by Gasteiger charge is 2.26. The highest BCUT2D eigenvalue weighted by atomic mass is 16.2. The molecule has 1 aliphatic heterocycles. The van der Waals surface area contributed by atoms with Gasteiger partial charge in [0.05, 0.1) is 12.6 Å². The molecule has 0 aromatic carbocycles. The van der Waals surface area contributed by atoms with Gasteiger partial charge in [0.25, 0.3) is 0 Å². The summed E-state index contributed by atoms with van der Waals surface area (Å²) in [5.74, 6) is -0.103. The zero-order chi connectivity index (χ0) is 12.8. The molecule has 17 heavy (non-hydrogen) atoms. The smallest absolute Gasteiger partial charge is 0.240 e. The van der Waals surface area contributed by atoms with Crippen molar-refractivity contribution in [1.82, 2.24) is 10.2 Å². The molecule has 5 nitrogen and oxygen atoms in total. The molecule has 1 rings (SSSR count). The molecule has 1 saturated heterocycles. The normalized spacial score (nSPS) is 20.3. The summed E-state index contributed by atoms with van der Waals surface area (Å²) in [5.41, 5.74) is 5.18. The molecular formula is C12H23N3O2. The van der Waals surface area contributed by atoms with Crippen molar-refractivity contribution in [2.75, 3.05) is 19.6 Å². The van der Waals surface area contributed by atoms with Crippen molar-refractivity contribution in [3.8, 4) is 0 Å². The lowest BCUT2D eigenvalue weighted by atomic mass is 10.0. The third kappa shape index (κ3) is 4.73. The topological polar surface area (TPSA) is 75.4 Å². The molecule has 0 unspecified atom stereocenters. The summed E-state index contributed by atoms with van der Waals surface area (Å²) in [7, 11) is 0. The summed E-state index contributed by atoms with van der Waals surface area (Å²) in [4.78, 5) is 24.8. The Morgan fingerprint density at radius 3 is 2.59 bits per heavy atom. The maximum absolute atomic E-state index is 12.2. The van der Waals surface area contributed by atoms with Gasteiger partial charge in [-0.1, -0.05) is 20.3 Å². The van der Waals surface area contributed by atoms with Crippen molar-refractivity contribution >= 4 is 11.8 Å². The fourth-order valence-electron chi connectivity index (χ4n) is 2.14. The van der Waals surface area contributed by atoms with Crippen molar-refractivity contribution in [1.29, 1.82) is 0 Å². The van der Waals surface area contributed by atoms with E-state index in [4.69, 9.17) is 5.73 Å². The minimum Gasteiger partial charge on any atom is -0.368 e. The van der Waals surface area contributed by atoms with E-state index >= 15 is 0 Å². The van der Waals surface area contributed by atoms with Gasteiger partial charge in [-0.15, -0.1) is 0 Å². The Labute approximate surface area is 103 Å². The van der Waals surface area contributed by atoms with Crippen LogP contribution in [0.5, 0.6) is 0 Å². The van der Waals surface area contributed by atoms with Crippen LogP contribution >= 0.6 is 0 Å². The summed E-state index contributed by atoms with van der Waals surface area (Å²) in [6.45, 7) is 5.53. The Morgan fingerprint density at radius 2 is 2.12 bits per heavy atom. The van der Waals surface area contributed by atoms with Crippen LogP contribution in [0.4, 0.5) is 0 Å². The van der Waals surface area contributed by atoms with Gasteiger partial charge in [0.2, 0.25) is 11.8 Å². The van der Waals surface area contributed by atoms with Gasteiger partial charge in [-0.3, -0.25) is 9.59 Å². The first-order chi connectivity index (χ1) is 8.00. The number of primary amides is 1. The van der Waals surface area contributed by atoms with Gasteiger partial charge in [-0.25, -0.2) is 0 Å². The van der Waals surface area contributed by atoms with Gasteiger partial charge in [0, 0.05) is 6.54 Å². The van der Waals surface area contributed by atoms with Crippen LogP contribution in [0.1, 0.15) is 33.1 Å². The van der Waals surface area contributed by atoms with E-state index < -0.39 is 5.91 Å². The molecule has 0 radical (unpaired) electrons.